The standard InChI is InChI=1S/C12H23F3N2O/c1-3-4-11-7-16-10(2)8-17(11)5-6-18-9-12(13,14)15/h10-11,16H,3-9H2,1-2H3. The summed E-state index contributed by atoms with van der Waals surface area (Å²) in [5, 5.41) is 3.40. The van der Waals surface area contributed by atoms with Crippen LogP contribution in [-0.2, 0) is 4.74 Å². The molecule has 108 valence electrons. The fourth-order valence-corrected chi connectivity index (χ4v) is 2.29. The zero-order valence-corrected chi connectivity index (χ0v) is 11.1. The first kappa shape index (κ1) is 15.7. The van der Waals surface area contributed by atoms with E-state index < -0.39 is 12.8 Å². The first-order valence-electron chi connectivity index (χ1n) is 6.54. The number of ether oxygens (including phenoxy) is 1. The van der Waals surface area contributed by atoms with Crippen molar-refractivity contribution in [2.45, 2.75) is 44.9 Å². The predicted octanol–water partition coefficient (Wildman–Crippen LogP) is 2.03. The summed E-state index contributed by atoms with van der Waals surface area (Å²) in [5.74, 6) is 0. The van der Waals surface area contributed by atoms with Gasteiger partial charge in [-0.3, -0.25) is 4.90 Å². The van der Waals surface area contributed by atoms with Gasteiger partial charge in [-0.05, 0) is 13.3 Å². The van der Waals surface area contributed by atoms with Crippen molar-refractivity contribution in [1.82, 2.24) is 10.2 Å². The van der Waals surface area contributed by atoms with Gasteiger partial charge in [-0.15, -0.1) is 0 Å². The molecule has 0 aromatic carbocycles. The zero-order valence-electron chi connectivity index (χ0n) is 11.1. The third-order valence-corrected chi connectivity index (χ3v) is 3.14. The Bertz CT molecular complexity index is 236. The van der Waals surface area contributed by atoms with E-state index in [0.29, 0.717) is 18.6 Å². The lowest BCUT2D eigenvalue weighted by Gasteiger charge is -2.39. The minimum absolute atomic E-state index is 0.145. The molecule has 3 nitrogen and oxygen atoms in total. The van der Waals surface area contributed by atoms with Crippen LogP contribution >= 0.6 is 0 Å². The maximum atomic E-state index is 11.9. The first-order chi connectivity index (χ1) is 8.42. The van der Waals surface area contributed by atoms with Gasteiger partial charge in [0.25, 0.3) is 0 Å². The minimum atomic E-state index is -4.22. The summed E-state index contributed by atoms with van der Waals surface area (Å²) in [6, 6.07) is 0.807. The molecule has 0 amide bonds. The van der Waals surface area contributed by atoms with Gasteiger partial charge in [-0.1, -0.05) is 13.3 Å². The van der Waals surface area contributed by atoms with Crippen LogP contribution < -0.4 is 5.32 Å². The highest BCUT2D eigenvalue weighted by molar-refractivity contribution is 4.83. The number of rotatable bonds is 6. The van der Waals surface area contributed by atoms with E-state index in [2.05, 4.69) is 28.8 Å². The molecule has 0 bridgehead atoms. The van der Waals surface area contributed by atoms with Crippen molar-refractivity contribution in [2.75, 3.05) is 32.8 Å². The van der Waals surface area contributed by atoms with Crippen LogP contribution in [0.5, 0.6) is 0 Å². The maximum absolute atomic E-state index is 11.9. The van der Waals surface area contributed by atoms with Crippen molar-refractivity contribution < 1.29 is 17.9 Å². The Morgan fingerprint density at radius 3 is 2.72 bits per heavy atom. The summed E-state index contributed by atoms with van der Waals surface area (Å²) in [5.41, 5.74) is 0. The van der Waals surface area contributed by atoms with Gasteiger partial charge in [0.1, 0.15) is 6.61 Å². The normalized spacial score (nSPS) is 26.5. The van der Waals surface area contributed by atoms with Gasteiger partial charge >= 0.3 is 6.18 Å². The summed E-state index contributed by atoms with van der Waals surface area (Å²) < 4.78 is 40.5. The number of hydrogen-bond acceptors (Lipinski definition) is 3. The summed E-state index contributed by atoms with van der Waals surface area (Å²) in [7, 11) is 0. The molecule has 0 spiro atoms. The molecule has 0 aromatic rings. The van der Waals surface area contributed by atoms with Crippen molar-refractivity contribution in [1.29, 1.82) is 0 Å². The number of halogens is 3. The van der Waals surface area contributed by atoms with Crippen LogP contribution in [0.2, 0.25) is 0 Å². The molecule has 6 heteroatoms. The number of nitrogens with one attached hydrogen (secondary N) is 1. The Morgan fingerprint density at radius 2 is 2.11 bits per heavy atom. The fraction of sp³-hybridized carbons (Fsp3) is 1.00. The van der Waals surface area contributed by atoms with Crippen LogP contribution in [0.4, 0.5) is 13.2 Å². The molecular formula is C12H23F3N2O. The molecule has 1 aliphatic rings. The lowest BCUT2D eigenvalue weighted by molar-refractivity contribution is -0.175. The molecule has 1 heterocycles. The van der Waals surface area contributed by atoms with E-state index >= 15 is 0 Å². The van der Waals surface area contributed by atoms with E-state index in [-0.39, 0.29) is 6.61 Å². The van der Waals surface area contributed by atoms with E-state index in [0.717, 1.165) is 25.9 Å². The number of hydrogen-bond donors (Lipinski definition) is 1. The van der Waals surface area contributed by atoms with E-state index in [1.807, 2.05) is 0 Å². The summed E-state index contributed by atoms with van der Waals surface area (Å²) in [4.78, 5) is 2.24. The number of piperazine rings is 1. The summed E-state index contributed by atoms with van der Waals surface area (Å²) in [6.07, 6.45) is -2.07. The molecule has 18 heavy (non-hydrogen) atoms. The monoisotopic (exact) mass is 268 g/mol. The van der Waals surface area contributed by atoms with Crippen LogP contribution in [-0.4, -0.2) is 56.0 Å². The predicted molar refractivity (Wildman–Crippen MR) is 64.6 cm³/mol. The average Bonchev–Trinajstić information content (AvgIpc) is 2.27. The molecule has 0 aromatic heterocycles. The second-order valence-electron chi connectivity index (χ2n) is 4.91. The van der Waals surface area contributed by atoms with Gasteiger partial charge in [0.15, 0.2) is 0 Å². The van der Waals surface area contributed by atoms with Crippen LogP contribution in [0.3, 0.4) is 0 Å². The molecule has 1 N–H and O–H groups in total. The van der Waals surface area contributed by atoms with Crippen LogP contribution in [0.1, 0.15) is 26.7 Å². The van der Waals surface area contributed by atoms with Crippen LogP contribution in [0.15, 0.2) is 0 Å². The van der Waals surface area contributed by atoms with Gasteiger partial charge < -0.3 is 10.1 Å². The fourth-order valence-electron chi connectivity index (χ4n) is 2.29. The highest BCUT2D eigenvalue weighted by Crippen LogP contribution is 2.15. The lowest BCUT2D eigenvalue weighted by atomic mass is 10.1. The molecular weight excluding hydrogens is 245 g/mol. The molecule has 2 atom stereocenters. The third kappa shape index (κ3) is 6.02. The van der Waals surface area contributed by atoms with E-state index in [9.17, 15) is 13.2 Å². The second-order valence-corrected chi connectivity index (χ2v) is 4.91. The van der Waals surface area contributed by atoms with Gasteiger partial charge in [-0.25, -0.2) is 0 Å². The highest BCUT2D eigenvalue weighted by Gasteiger charge is 2.28. The van der Waals surface area contributed by atoms with Crippen LogP contribution in [0.25, 0.3) is 0 Å². The van der Waals surface area contributed by atoms with Crippen molar-refractivity contribution in [3.63, 3.8) is 0 Å². The molecule has 1 saturated heterocycles. The molecule has 0 aliphatic carbocycles. The van der Waals surface area contributed by atoms with Crippen LogP contribution in [0, 0.1) is 0 Å². The maximum Gasteiger partial charge on any atom is 0.411 e. The van der Waals surface area contributed by atoms with Gasteiger partial charge in [0.05, 0.1) is 6.61 Å². The molecule has 0 saturated carbocycles. The largest absolute Gasteiger partial charge is 0.411 e. The van der Waals surface area contributed by atoms with Crippen molar-refractivity contribution in [3.05, 3.63) is 0 Å². The highest BCUT2D eigenvalue weighted by atomic mass is 19.4. The third-order valence-electron chi connectivity index (χ3n) is 3.14. The molecule has 1 aliphatic heterocycles. The topological polar surface area (TPSA) is 24.5 Å². The van der Waals surface area contributed by atoms with E-state index in [1.165, 1.54) is 0 Å². The van der Waals surface area contributed by atoms with Gasteiger partial charge in [-0.2, -0.15) is 13.2 Å². The zero-order chi connectivity index (χ0) is 13.6. The number of nitrogens with zero attached hydrogens (tertiary/aromatic N) is 1. The molecule has 0 radical (unpaired) electrons. The smallest absolute Gasteiger partial charge is 0.371 e. The minimum Gasteiger partial charge on any atom is -0.371 e. The van der Waals surface area contributed by atoms with Crippen molar-refractivity contribution in [3.8, 4) is 0 Å². The van der Waals surface area contributed by atoms with E-state index in [1.54, 1.807) is 0 Å². The van der Waals surface area contributed by atoms with Crippen molar-refractivity contribution in [2.24, 2.45) is 0 Å². The Balaban J connectivity index is 2.28. The average molecular weight is 268 g/mol. The Labute approximate surface area is 107 Å². The van der Waals surface area contributed by atoms with Crippen molar-refractivity contribution >= 4 is 0 Å². The first-order valence-corrected chi connectivity index (χ1v) is 6.54. The summed E-state index contributed by atoms with van der Waals surface area (Å²) in [6.45, 7) is 5.57. The van der Waals surface area contributed by atoms with E-state index in [4.69, 9.17) is 0 Å². The molecule has 1 rings (SSSR count). The number of alkyl halides is 3. The Morgan fingerprint density at radius 1 is 1.39 bits per heavy atom. The Hall–Kier alpha value is -0.330. The second kappa shape index (κ2) is 7.31. The van der Waals surface area contributed by atoms with Gasteiger partial charge in [0.2, 0.25) is 0 Å². The summed E-state index contributed by atoms with van der Waals surface area (Å²) >= 11 is 0. The SMILES string of the molecule is CCCC1CNC(C)CN1CCOCC(F)(F)F. The molecule has 1 fully saturated rings. The van der Waals surface area contributed by atoms with Gasteiger partial charge in [0, 0.05) is 31.7 Å². The quantitative estimate of drug-likeness (QED) is 0.746. The lowest BCUT2D eigenvalue weighted by Crippen LogP contribution is -2.56. The Kier molecular flexibility index (Phi) is 6.38. The molecule has 2 unspecified atom stereocenters.